The van der Waals surface area contributed by atoms with E-state index in [0.717, 1.165) is 38.2 Å². The number of rotatable bonds is 4. The second kappa shape index (κ2) is 8.25. The minimum atomic E-state index is -4.58. The van der Waals surface area contributed by atoms with Crippen molar-refractivity contribution >= 4 is 11.7 Å². The lowest BCUT2D eigenvalue weighted by atomic mass is 9.89. The highest BCUT2D eigenvalue weighted by Gasteiger charge is 2.35. The van der Waals surface area contributed by atoms with Crippen LogP contribution in [0.25, 0.3) is 16.9 Å². The molecule has 3 aromatic rings. The molecule has 3 heterocycles. The molecule has 1 saturated carbocycles. The molecule has 3 aromatic heterocycles. The molecule has 0 saturated heterocycles. The quantitative estimate of drug-likeness (QED) is 0.660. The van der Waals surface area contributed by atoms with E-state index in [0.29, 0.717) is 17.1 Å². The summed E-state index contributed by atoms with van der Waals surface area (Å²) in [6, 6.07) is 7.43. The van der Waals surface area contributed by atoms with Gasteiger partial charge in [0.15, 0.2) is 5.69 Å². The first-order valence-corrected chi connectivity index (χ1v) is 9.77. The lowest BCUT2D eigenvalue weighted by Crippen LogP contribution is -2.25. The van der Waals surface area contributed by atoms with Crippen LogP contribution in [0.4, 0.5) is 19.0 Å². The molecule has 1 aliphatic rings. The molecule has 0 unspecified atom stereocenters. The summed E-state index contributed by atoms with van der Waals surface area (Å²) in [7, 11) is 0. The van der Waals surface area contributed by atoms with E-state index in [1.807, 2.05) is 0 Å². The highest BCUT2D eigenvalue weighted by Crippen LogP contribution is 2.33. The maximum absolute atomic E-state index is 13.2. The third-order valence-electron chi connectivity index (χ3n) is 5.18. The molecule has 0 bridgehead atoms. The molecule has 0 aliphatic heterocycles. The van der Waals surface area contributed by atoms with Gasteiger partial charge in [0.1, 0.15) is 5.82 Å². The Hall–Kier alpha value is -3.23. The molecule has 6 nitrogen and oxygen atoms in total. The highest BCUT2D eigenvalue weighted by atomic mass is 19.4. The van der Waals surface area contributed by atoms with Gasteiger partial charge in [-0.05, 0) is 43.2 Å². The van der Waals surface area contributed by atoms with Crippen molar-refractivity contribution in [3.8, 4) is 16.9 Å². The Bertz CT molecular complexity index is 1010. The fourth-order valence-electron chi connectivity index (χ4n) is 3.61. The van der Waals surface area contributed by atoms with E-state index in [4.69, 9.17) is 0 Å². The second-order valence-electron chi connectivity index (χ2n) is 7.29. The summed E-state index contributed by atoms with van der Waals surface area (Å²) in [4.78, 5) is 20.6. The summed E-state index contributed by atoms with van der Waals surface area (Å²) in [6.07, 6.45) is 4.80. The summed E-state index contributed by atoms with van der Waals surface area (Å²) in [5.41, 5.74) is 0.0856. The van der Waals surface area contributed by atoms with Gasteiger partial charge in [-0.2, -0.15) is 18.3 Å². The number of aromatic nitrogens is 4. The van der Waals surface area contributed by atoms with Crippen LogP contribution in [-0.4, -0.2) is 25.7 Å². The largest absolute Gasteiger partial charge is 0.435 e. The predicted octanol–water partition coefficient (Wildman–Crippen LogP) is 4.87. The van der Waals surface area contributed by atoms with E-state index in [1.165, 1.54) is 17.1 Å². The molecule has 1 amide bonds. The van der Waals surface area contributed by atoms with Gasteiger partial charge in [0.05, 0.1) is 17.6 Å². The third kappa shape index (κ3) is 4.34. The Morgan fingerprint density at radius 2 is 1.90 bits per heavy atom. The molecule has 0 spiro atoms. The van der Waals surface area contributed by atoms with Crippen molar-refractivity contribution in [2.75, 3.05) is 5.32 Å². The van der Waals surface area contributed by atoms with Gasteiger partial charge in [0.2, 0.25) is 5.91 Å². The van der Waals surface area contributed by atoms with E-state index in [-0.39, 0.29) is 17.5 Å². The van der Waals surface area contributed by atoms with E-state index in [1.54, 1.807) is 30.5 Å². The van der Waals surface area contributed by atoms with Crippen LogP contribution in [0.3, 0.4) is 0 Å². The van der Waals surface area contributed by atoms with Gasteiger partial charge < -0.3 is 5.32 Å². The first kappa shape index (κ1) is 20.1. The van der Waals surface area contributed by atoms with Crippen molar-refractivity contribution in [3.63, 3.8) is 0 Å². The molecule has 1 fully saturated rings. The number of amides is 1. The lowest BCUT2D eigenvalue weighted by molar-refractivity contribution is -0.141. The average Bonchev–Trinajstić information content (AvgIpc) is 3.22. The zero-order chi connectivity index (χ0) is 21.1. The van der Waals surface area contributed by atoms with Gasteiger partial charge in [-0.15, -0.1) is 0 Å². The molecule has 156 valence electrons. The van der Waals surface area contributed by atoms with E-state index >= 15 is 0 Å². The standard InChI is InChI=1S/C21H20F3N5O/c22-21(23,24)18-11-17(15-7-4-10-25-12-15)29(28-18)16-8-9-19(26-13-16)27-20(30)14-5-2-1-3-6-14/h4,7-14H,1-3,5-6H2,(H,26,27,30). The van der Waals surface area contributed by atoms with Crippen LogP contribution in [-0.2, 0) is 11.0 Å². The molecular formula is C21H20F3N5O. The summed E-state index contributed by atoms with van der Waals surface area (Å²) in [5, 5.41) is 6.53. The fraction of sp³-hybridized carbons (Fsp3) is 0.333. The van der Waals surface area contributed by atoms with Crippen LogP contribution >= 0.6 is 0 Å². The Balaban J connectivity index is 1.60. The number of hydrogen-bond acceptors (Lipinski definition) is 4. The summed E-state index contributed by atoms with van der Waals surface area (Å²) >= 11 is 0. The molecule has 1 N–H and O–H groups in total. The van der Waals surface area contributed by atoms with Crippen molar-refractivity contribution < 1.29 is 18.0 Å². The number of carbonyl (C=O) groups excluding carboxylic acids is 1. The number of halogens is 3. The number of nitrogens with one attached hydrogen (secondary N) is 1. The van der Waals surface area contributed by atoms with Crippen molar-refractivity contribution in [1.82, 2.24) is 19.7 Å². The first-order valence-electron chi connectivity index (χ1n) is 9.77. The minimum Gasteiger partial charge on any atom is -0.310 e. The molecule has 4 rings (SSSR count). The maximum atomic E-state index is 13.2. The van der Waals surface area contributed by atoms with Crippen LogP contribution in [0.1, 0.15) is 37.8 Å². The minimum absolute atomic E-state index is 0.0159. The molecule has 30 heavy (non-hydrogen) atoms. The maximum Gasteiger partial charge on any atom is 0.435 e. The Kier molecular flexibility index (Phi) is 5.52. The molecule has 0 radical (unpaired) electrons. The third-order valence-corrected chi connectivity index (χ3v) is 5.18. The van der Waals surface area contributed by atoms with Gasteiger partial charge in [0.25, 0.3) is 0 Å². The van der Waals surface area contributed by atoms with Crippen LogP contribution in [0.2, 0.25) is 0 Å². The Labute approximate surface area is 171 Å². The zero-order valence-electron chi connectivity index (χ0n) is 16.1. The van der Waals surface area contributed by atoms with E-state index in [9.17, 15) is 18.0 Å². The van der Waals surface area contributed by atoms with Crippen LogP contribution in [0.5, 0.6) is 0 Å². The predicted molar refractivity (Wildman–Crippen MR) is 105 cm³/mol. The molecule has 0 aromatic carbocycles. The summed E-state index contributed by atoms with van der Waals surface area (Å²) in [6.45, 7) is 0. The second-order valence-corrected chi connectivity index (χ2v) is 7.29. The van der Waals surface area contributed by atoms with E-state index in [2.05, 4.69) is 20.4 Å². The van der Waals surface area contributed by atoms with Crippen LogP contribution in [0, 0.1) is 5.92 Å². The topological polar surface area (TPSA) is 72.7 Å². The van der Waals surface area contributed by atoms with Crippen molar-refractivity contribution in [2.24, 2.45) is 5.92 Å². The van der Waals surface area contributed by atoms with Crippen molar-refractivity contribution in [2.45, 2.75) is 38.3 Å². The van der Waals surface area contributed by atoms with Gasteiger partial charge in [-0.1, -0.05) is 19.3 Å². The first-order chi connectivity index (χ1) is 14.4. The van der Waals surface area contributed by atoms with E-state index < -0.39 is 11.9 Å². The SMILES string of the molecule is O=C(Nc1ccc(-n2nc(C(F)(F)F)cc2-c2cccnc2)cn1)C1CCCCC1. The van der Waals surface area contributed by atoms with Crippen LogP contribution in [0.15, 0.2) is 48.9 Å². The number of carbonyl (C=O) groups is 1. The number of hydrogen-bond donors (Lipinski definition) is 1. The Morgan fingerprint density at radius 1 is 1.10 bits per heavy atom. The smallest absolute Gasteiger partial charge is 0.310 e. The number of anilines is 1. The van der Waals surface area contributed by atoms with Crippen LogP contribution < -0.4 is 5.32 Å². The normalized spacial score (nSPS) is 15.2. The van der Waals surface area contributed by atoms with Gasteiger partial charge in [-0.3, -0.25) is 9.78 Å². The van der Waals surface area contributed by atoms with Gasteiger partial charge in [-0.25, -0.2) is 9.67 Å². The molecule has 1 aliphatic carbocycles. The fourth-order valence-corrected chi connectivity index (χ4v) is 3.61. The summed E-state index contributed by atoms with van der Waals surface area (Å²) < 4.78 is 40.9. The monoisotopic (exact) mass is 415 g/mol. The number of alkyl halides is 3. The molecule has 0 atom stereocenters. The molecular weight excluding hydrogens is 395 g/mol. The number of pyridine rings is 2. The van der Waals surface area contributed by atoms with Gasteiger partial charge >= 0.3 is 6.18 Å². The van der Waals surface area contributed by atoms with Gasteiger partial charge in [0, 0.05) is 23.9 Å². The molecule has 9 heteroatoms. The average molecular weight is 415 g/mol. The van der Waals surface area contributed by atoms with Crippen molar-refractivity contribution in [1.29, 1.82) is 0 Å². The summed E-state index contributed by atoms with van der Waals surface area (Å²) in [5.74, 6) is 0.280. The lowest BCUT2D eigenvalue weighted by Gasteiger charge is -2.20. The highest BCUT2D eigenvalue weighted by molar-refractivity contribution is 5.91. The Morgan fingerprint density at radius 3 is 2.53 bits per heavy atom. The number of nitrogens with zero attached hydrogens (tertiary/aromatic N) is 4. The van der Waals surface area contributed by atoms with Crippen molar-refractivity contribution in [3.05, 3.63) is 54.6 Å². The zero-order valence-corrected chi connectivity index (χ0v) is 16.1.